The topological polar surface area (TPSA) is 12.0 Å². The van der Waals surface area contributed by atoms with E-state index in [0.717, 1.165) is 29.6 Å². The van der Waals surface area contributed by atoms with E-state index < -0.39 is 0 Å². The zero-order chi connectivity index (χ0) is 23.0. The van der Waals surface area contributed by atoms with Gasteiger partial charge in [-0.05, 0) is 103 Å². The zero-order valence-electron chi connectivity index (χ0n) is 22.1. The van der Waals surface area contributed by atoms with Crippen molar-refractivity contribution in [2.24, 2.45) is 40.4 Å². The van der Waals surface area contributed by atoms with Crippen molar-refractivity contribution >= 4 is 0 Å². The molecule has 1 aromatic rings. The van der Waals surface area contributed by atoms with Crippen molar-refractivity contribution in [1.82, 2.24) is 5.32 Å². The lowest BCUT2D eigenvalue weighted by atomic mass is 9.51. The molecule has 2 saturated carbocycles. The van der Waals surface area contributed by atoms with E-state index in [2.05, 4.69) is 85.8 Å². The van der Waals surface area contributed by atoms with Gasteiger partial charge in [-0.25, -0.2) is 0 Å². The molecule has 0 radical (unpaired) electrons. The van der Waals surface area contributed by atoms with E-state index in [9.17, 15) is 0 Å². The van der Waals surface area contributed by atoms with Gasteiger partial charge in [0.2, 0.25) is 0 Å². The van der Waals surface area contributed by atoms with Crippen LogP contribution in [0.5, 0.6) is 0 Å². The molecule has 0 aliphatic heterocycles. The highest BCUT2D eigenvalue weighted by Crippen LogP contribution is 2.57. The molecule has 0 bridgehead atoms. The van der Waals surface area contributed by atoms with Gasteiger partial charge < -0.3 is 5.32 Å². The maximum Gasteiger partial charge on any atom is 0.0356 e. The summed E-state index contributed by atoms with van der Waals surface area (Å²) < 4.78 is 0. The Balaban J connectivity index is 2.00. The van der Waals surface area contributed by atoms with Crippen LogP contribution < -0.4 is 5.32 Å². The summed E-state index contributed by atoms with van der Waals surface area (Å²) >= 11 is 0. The molecule has 1 aromatic carbocycles. The van der Waals surface area contributed by atoms with Gasteiger partial charge in [0.25, 0.3) is 0 Å². The molecule has 2 aliphatic rings. The molecule has 1 nitrogen and oxygen atoms in total. The van der Waals surface area contributed by atoms with Crippen LogP contribution in [-0.4, -0.2) is 6.54 Å². The lowest BCUT2D eigenvalue weighted by Crippen LogP contribution is -2.48. The SMILES string of the molecule is CCC1CC(CC)C(C(C)(C)C(C)(C)C)CC1C(NCC1CC1)c1c(C)cccc1C. The second-order valence-electron chi connectivity index (χ2n) is 12.7. The first-order valence-corrected chi connectivity index (χ1v) is 13.3. The molecular formula is C30H51N. The van der Waals surface area contributed by atoms with Gasteiger partial charge in [-0.3, -0.25) is 0 Å². The third kappa shape index (κ3) is 5.23. The molecule has 0 heterocycles. The lowest BCUT2D eigenvalue weighted by Gasteiger charge is -2.54. The molecule has 2 aliphatic carbocycles. The molecule has 0 spiro atoms. The van der Waals surface area contributed by atoms with Crippen molar-refractivity contribution in [2.45, 2.75) is 107 Å². The average molecular weight is 426 g/mol. The van der Waals surface area contributed by atoms with Crippen molar-refractivity contribution < 1.29 is 0 Å². The van der Waals surface area contributed by atoms with E-state index in [1.54, 1.807) is 5.56 Å². The molecule has 1 heteroatoms. The number of aryl methyl sites for hydroxylation is 2. The van der Waals surface area contributed by atoms with Gasteiger partial charge >= 0.3 is 0 Å². The Morgan fingerprint density at radius 3 is 1.97 bits per heavy atom. The molecule has 0 saturated heterocycles. The Kier molecular flexibility index (Phi) is 7.67. The van der Waals surface area contributed by atoms with Gasteiger partial charge in [-0.1, -0.05) is 79.5 Å². The smallest absolute Gasteiger partial charge is 0.0356 e. The van der Waals surface area contributed by atoms with E-state index >= 15 is 0 Å². The molecule has 1 N–H and O–H groups in total. The summed E-state index contributed by atoms with van der Waals surface area (Å²) in [6.07, 6.45) is 8.27. The van der Waals surface area contributed by atoms with Crippen LogP contribution in [0.4, 0.5) is 0 Å². The summed E-state index contributed by atoms with van der Waals surface area (Å²) in [5.41, 5.74) is 5.23. The summed E-state index contributed by atoms with van der Waals surface area (Å²) in [5, 5.41) is 4.16. The molecule has 5 unspecified atom stereocenters. The first-order chi connectivity index (χ1) is 14.5. The predicted octanol–water partition coefficient (Wildman–Crippen LogP) is 8.50. The third-order valence-electron chi connectivity index (χ3n) is 9.82. The van der Waals surface area contributed by atoms with Crippen molar-refractivity contribution in [3.63, 3.8) is 0 Å². The molecule has 2 fully saturated rings. The van der Waals surface area contributed by atoms with E-state index in [0.29, 0.717) is 16.9 Å². The van der Waals surface area contributed by atoms with Gasteiger partial charge in [0.15, 0.2) is 0 Å². The number of hydrogen-bond donors (Lipinski definition) is 1. The molecule has 0 aromatic heterocycles. The third-order valence-corrected chi connectivity index (χ3v) is 9.82. The minimum atomic E-state index is 0.324. The lowest BCUT2D eigenvalue weighted by molar-refractivity contribution is -0.0445. The second-order valence-corrected chi connectivity index (χ2v) is 12.7. The Labute approximate surface area is 194 Å². The predicted molar refractivity (Wildman–Crippen MR) is 136 cm³/mol. The van der Waals surface area contributed by atoms with Gasteiger partial charge in [-0.15, -0.1) is 0 Å². The fourth-order valence-electron chi connectivity index (χ4n) is 6.58. The van der Waals surface area contributed by atoms with Gasteiger partial charge in [0, 0.05) is 6.04 Å². The second kappa shape index (κ2) is 9.58. The summed E-state index contributed by atoms with van der Waals surface area (Å²) in [6.45, 7) is 23.3. The number of rotatable bonds is 8. The summed E-state index contributed by atoms with van der Waals surface area (Å²) in [4.78, 5) is 0. The van der Waals surface area contributed by atoms with E-state index in [-0.39, 0.29) is 0 Å². The molecule has 176 valence electrons. The Morgan fingerprint density at radius 2 is 1.48 bits per heavy atom. The van der Waals surface area contributed by atoms with Crippen molar-refractivity contribution in [1.29, 1.82) is 0 Å². The van der Waals surface area contributed by atoms with E-state index in [4.69, 9.17) is 0 Å². The van der Waals surface area contributed by atoms with Crippen LogP contribution in [0, 0.1) is 54.3 Å². The van der Waals surface area contributed by atoms with E-state index in [1.807, 2.05) is 0 Å². The highest BCUT2D eigenvalue weighted by molar-refractivity contribution is 5.37. The van der Waals surface area contributed by atoms with Gasteiger partial charge in [-0.2, -0.15) is 0 Å². The highest BCUT2D eigenvalue weighted by Gasteiger charge is 2.49. The number of benzene rings is 1. The quantitative estimate of drug-likeness (QED) is 0.440. The first kappa shape index (κ1) is 24.8. The highest BCUT2D eigenvalue weighted by atomic mass is 14.9. The van der Waals surface area contributed by atoms with Crippen LogP contribution in [0.15, 0.2) is 18.2 Å². The Morgan fingerprint density at radius 1 is 0.903 bits per heavy atom. The maximum absolute atomic E-state index is 4.16. The minimum absolute atomic E-state index is 0.324. The number of hydrogen-bond acceptors (Lipinski definition) is 1. The maximum atomic E-state index is 4.16. The van der Waals surface area contributed by atoms with Crippen LogP contribution in [0.25, 0.3) is 0 Å². The number of nitrogens with one attached hydrogen (secondary N) is 1. The van der Waals surface area contributed by atoms with Crippen molar-refractivity contribution in [2.75, 3.05) is 6.54 Å². The van der Waals surface area contributed by atoms with Crippen LogP contribution in [0.1, 0.15) is 110 Å². The molecule has 0 amide bonds. The summed E-state index contributed by atoms with van der Waals surface area (Å²) in [6, 6.07) is 7.41. The van der Waals surface area contributed by atoms with Crippen LogP contribution in [0.2, 0.25) is 0 Å². The van der Waals surface area contributed by atoms with Crippen molar-refractivity contribution in [3.05, 3.63) is 34.9 Å². The molecule has 31 heavy (non-hydrogen) atoms. The average Bonchev–Trinajstić information content (AvgIpc) is 3.52. The minimum Gasteiger partial charge on any atom is -0.309 e. The van der Waals surface area contributed by atoms with Crippen molar-refractivity contribution in [3.8, 4) is 0 Å². The monoisotopic (exact) mass is 425 g/mol. The summed E-state index contributed by atoms with van der Waals surface area (Å²) in [7, 11) is 0. The summed E-state index contributed by atoms with van der Waals surface area (Å²) in [5.74, 6) is 4.13. The fourth-order valence-corrected chi connectivity index (χ4v) is 6.58. The van der Waals surface area contributed by atoms with Crippen LogP contribution in [-0.2, 0) is 0 Å². The first-order valence-electron chi connectivity index (χ1n) is 13.3. The largest absolute Gasteiger partial charge is 0.309 e. The van der Waals surface area contributed by atoms with Crippen LogP contribution >= 0.6 is 0 Å². The van der Waals surface area contributed by atoms with Gasteiger partial charge in [0.05, 0.1) is 0 Å². The zero-order valence-corrected chi connectivity index (χ0v) is 22.1. The van der Waals surface area contributed by atoms with Crippen LogP contribution in [0.3, 0.4) is 0 Å². The molecule has 3 rings (SSSR count). The molecular weight excluding hydrogens is 374 g/mol. The van der Waals surface area contributed by atoms with Gasteiger partial charge in [0.1, 0.15) is 0 Å². The Bertz CT molecular complexity index is 700. The standard InChI is InChI=1S/C30H51N/c1-10-23-17-24(11-2)26(30(8,9)29(5,6)7)18-25(23)28(31-19-22-15-16-22)27-20(3)13-12-14-21(27)4/h12-14,22-26,28,31H,10-11,15-19H2,1-9H3. The fraction of sp³-hybridized carbons (Fsp3) is 0.800. The Hall–Kier alpha value is -0.820. The van der Waals surface area contributed by atoms with E-state index in [1.165, 1.54) is 56.2 Å². The normalized spacial score (nSPS) is 28.5. The molecule has 5 atom stereocenters.